The number of ether oxygens (including phenoxy) is 1. The molecular formula is C13H16O3S. The maximum atomic E-state index is 11.8. The molecule has 0 amide bonds. The van der Waals surface area contributed by atoms with Crippen LogP contribution >= 0.6 is 11.8 Å². The minimum atomic E-state index is -0.433. The number of hydrogen-bond acceptors (Lipinski definition) is 4. The molecule has 0 atom stereocenters. The first-order valence-electron chi connectivity index (χ1n) is 5.52. The number of benzene rings is 1. The summed E-state index contributed by atoms with van der Waals surface area (Å²) in [4.78, 5) is 24.5. The lowest BCUT2D eigenvalue weighted by atomic mass is 10.0. The van der Waals surface area contributed by atoms with Crippen molar-refractivity contribution in [1.82, 2.24) is 0 Å². The zero-order valence-electron chi connectivity index (χ0n) is 10.3. The van der Waals surface area contributed by atoms with E-state index in [1.165, 1.54) is 0 Å². The van der Waals surface area contributed by atoms with Crippen molar-refractivity contribution >= 4 is 23.5 Å². The van der Waals surface area contributed by atoms with E-state index in [1.807, 2.05) is 12.3 Å². The Kier molecular flexibility index (Phi) is 5.22. The van der Waals surface area contributed by atoms with Crippen molar-refractivity contribution in [3.8, 4) is 0 Å². The summed E-state index contributed by atoms with van der Waals surface area (Å²) in [5.74, 6) is -0.471. The molecule has 0 saturated heterocycles. The van der Waals surface area contributed by atoms with Crippen molar-refractivity contribution in [3.63, 3.8) is 0 Å². The van der Waals surface area contributed by atoms with Gasteiger partial charge in [0.1, 0.15) is 0 Å². The Morgan fingerprint density at radius 3 is 2.47 bits per heavy atom. The molecule has 1 aromatic carbocycles. The number of hydrogen-bond donors (Lipinski definition) is 0. The molecule has 0 unspecified atom stereocenters. The summed E-state index contributed by atoms with van der Waals surface area (Å²) in [6.07, 6.45) is 2.31. The van der Waals surface area contributed by atoms with Gasteiger partial charge in [0.25, 0.3) is 0 Å². The van der Waals surface area contributed by atoms with E-state index >= 15 is 0 Å². The lowest BCUT2D eigenvalue weighted by Crippen LogP contribution is -2.11. The fourth-order valence-electron chi connectivity index (χ4n) is 1.46. The molecule has 0 heterocycles. The van der Waals surface area contributed by atoms with Crippen molar-refractivity contribution in [2.75, 3.05) is 12.9 Å². The third-order valence-corrected chi connectivity index (χ3v) is 3.07. The van der Waals surface area contributed by atoms with E-state index in [2.05, 4.69) is 0 Å². The molecule has 1 aromatic rings. The van der Waals surface area contributed by atoms with E-state index in [0.29, 0.717) is 24.2 Å². The molecule has 17 heavy (non-hydrogen) atoms. The summed E-state index contributed by atoms with van der Waals surface area (Å²) in [7, 11) is 0. The highest BCUT2D eigenvalue weighted by molar-refractivity contribution is 7.98. The second-order valence-electron chi connectivity index (χ2n) is 3.41. The van der Waals surface area contributed by atoms with Crippen molar-refractivity contribution in [3.05, 3.63) is 29.3 Å². The maximum Gasteiger partial charge on any atom is 0.338 e. The van der Waals surface area contributed by atoms with E-state index in [-0.39, 0.29) is 5.78 Å². The van der Waals surface area contributed by atoms with Crippen LogP contribution in [-0.4, -0.2) is 24.6 Å². The summed E-state index contributed by atoms with van der Waals surface area (Å²) < 4.78 is 4.94. The van der Waals surface area contributed by atoms with Crippen molar-refractivity contribution < 1.29 is 14.3 Å². The summed E-state index contributed by atoms with van der Waals surface area (Å²) in [6, 6.07) is 5.23. The Hall–Kier alpha value is -1.29. The third-order valence-electron chi connectivity index (χ3n) is 2.34. The minimum Gasteiger partial charge on any atom is -0.462 e. The van der Waals surface area contributed by atoms with Gasteiger partial charge < -0.3 is 4.74 Å². The maximum absolute atomic E-state index is 11.8. The summed E-state index contributed by atoms with van der Waals surface area (Å²) >= 11 is 1.54. The second kappa shape index (κ2) is 6.45. The van der Waals surface area contributed by atoms with E-state index < -0.39 is 5.97 Å². The van der Waals surface area contributed by atoms with Gasteiger partial charge in [-0.25, -0.2) is 4.79 Å². The largest absolute Gasteiger partial charge is 0.462 e. The van der Waals surface area contributed by atoms with Gasteiger partial charge in [-0.3, -0.25) is 4.79 Å². The molecule has 0 radical (unpaired) electrons. The van der Waals surface area contributed by atoms with Crippen LogP contribution in [0.5, 0.6) is 0 Å². The molecule has 3 nitrogen and oxygen atoms in total. The van der Waals surface area contributed by atoms with Crippen LogP contribution in [0.15, 0.2) is 23.1 Å². The fourth-order valence-corrected chi connectivity index (χ4v) is 1.90. The van der Waals surface area contributed by atoms with Gasteiger partial charge in [-0.1, -0.05) is 6.92 Å². The highest BCUT2D eigenvalue weighted by Crippen LogP contribution is 2.21. The number of carbonyl (C=O) groups excluding carboxylic acids is 2. The SMILES string of the molecule is CCOC(=O)c1ccc(SC)cc1C(=O)CC. The molecule has 92 valence electrons. The first-order chi connectivity index (χ1) is 8.13. The van der Waals surface area contributed by atoms with Crippen molar-refractivity contribution in [2.24, 2.45) is 0 Å². The molecular weight excluding hydrogens is 236 g/mol. The minimum absolute atomic E-state index is 0.0380. The molecule has 0 aliphatic rings. The molecule has 0 aliphatic carbocycles. The Morgan fingerprint density at radius 2 is 1.94 bits per heavy atom. The highest BCUT2D eigenvalue weighted by atomic mass is 32.2. The first-order valence-corrected chi connectivity index (χ1v) is 6.74. The lowest BCUT2D eigenvalue weighted by molar-refractivity contribution is 0.0523. The number of esters is 1. The van der Waals surface area contributed by atoms with Gasteiger partial charge in [0, 0.05) is 16.9 Å². The molecule has 0 saturated carbocycles. The summed E-state index contributed by atoms with van der Waals surface area (Å²) in [6.45, 7) is 3.83. The Bertz CT molecular complexity index is 427. The quantitative estimate of drug-likeness (QED) is 0.458. The predicted molar refractivity (Wildman–Crippen MR) is 68.8 cm³/mol. The van der Waals surface area contributed by atoms with Crippen LogP contribution < -0.4 is 0 Å². The summed E-state index contributed by atoms with van der Waals surface area (Å²) in [5, 5.41) is 0. The summed E-state index contributed by atoms with van der Waals surface area (Å²) in [5.41, 5.74) is 0.814. The first kappa shape index (κ1) is 13.8. The second-order valence-corrected chi connectivity index (χ2v) is 4.29. The van der Waals surface area contributed by atoms with Crippen molar-refractivity contribution in [1.29, 1.82) is 0 Å². The van der Waals surface area contributed by atoms with Crippen molar-refractivity contribution in [2.45, 2.75) is 25.2 Å². The molecule has 0 bridgehead atoms. The van der Waals surface area contributed by atoms with E-state index in [9.17, 15) is 9.59 Å². The van der Waals surface area contributed by atoms with Crippen LogP contribution in [0.1, 0.15) is 41.0 Å². The average molecular weight is 252 g/mol. The Morgan fingerprint density at radius 1 is 1.24 bits per heavy atom. The van der Waals surface area contributed by atoms with Gasteiger partial charge in [0.05, 0.1) is 12.2 Å². The molecule has 0 N–H and O–H groups in total. The number of rotatable bonds is 5. The number of carbonyl (C=O) groups is 2. The van der Waals surface area contributed by atoms with E-state index in [1.54, 1.807) is 37.7 Å². The van der Waals surface area contributed by atoms with Crippen LogP contribution in [0.4, 0.5) is 0 Å². The van der Waals surface area contributed by atoms with E-state index in [4.69, 9.17) is 4.74 Å². The standard InChI is InChI=1S/C13H16O3S/c1-4-12(14)11-8-9(17-3)6-7-10(11)13(15)16-5-2/h6-8H,4-5H2,1-3H3. The highest BCUT2D eigenvalue weighted by Gasteiger charge is 2.17. The van der Waals surface area contributed by atoms with Crippen LogP contribution in [-0.2, 0) is 4.74 Å². The smallest absolute Gasteiger partial charge is 0.338 e. The molecule has 0 spiro atoms. The molecule has 0 aromatic heterocycles. The zero-order chi connectivity index (χ0) is 12.8. The lowest BCUT2D eigenvalue weighted by Gasteiger charge is -2.08. The van der Waals surface area contributed by atoms with Gasteiger partial charge in [0.15, 0.2) is 5.78 Å². The molecule has 0 aliphatic heterocycles. The number of ketones is 1. The monoisotopic (exact) mass is 252 g/mol. The fraction of sp³-hybridized carbons (Fsp3) is 0.385. The molecule has 4 heteroatoms. The number of thioether (sulfide) groups is 1. The van der Waals surface area contributed by atoms with Gasteiger partial charge in [-0.15, -0.1) is 11.8 Å². The third kappa shape index (κ3) is 3.33. The van der Waals surface area contributed by atoms with Crippen LogP contribution in [0, 0.1) is 0 Å². The molecule has 0 fully saturated rings. The van der Waals surface area contributed by atoms with Gasteiger partial charge in [-0.05, 0) is 31.4 Å². The van der Waals surface area contributed by atoms with Gasteiger partial charge in [0.2, 0.25) is 0 Å². The zero-order valence-corrected chi connectivity index (χ0v) is 11.1. The van der Waals surface area contributed by atoms with Crippen LogP contribution in [0.3, 0.4) is 0 Å². The Balaban J connectivity index is 3.19. The average Bonchev–Trinajstić information content (AvgIpc) is 2.37. The van der Waals surface area contributed by atoms with E-state index in [0.717, 1.165) is 4.90 Å². The van der Waals surface area contributed by atoms with Gasteiger partial charge in [-0.2, -0.15) is 0 Å². The van der Waals surface area contributed by atoms with Gasteiger partial charge >= 0.3 is 5.97 Å². The molecule has 1 rings (SSSR count). The Labute approximate surface area is 106 Å². The van der Waals surface area contributed by atoms with Crippen LogP contribution in [0.25, 0.3) is 0 Å². The topological polar surface area (TPSA) is 43.4 Å². The normalized spacial score (nSPS) is 10.1. The predicted octanol–water partition coefficient (Wildman–Crippen LogP) is 3.18. The van der Waals surface area contributed by atoms with Crippen LogP contribution in [0.2, 0.25) is 0 Å². The number of Topliss-reactive ketones (excluding diaryl/α,β-unsaturated/α-hetero) is 1.